The molecule has 0 aliphatic carbocycles. The molecule has 1 aromatic rings. The second-order valence-electron chi connectivity index (χ2n) is 5.96. The molecule has 0 spiro atoms. The molecule has 6 nitrogen and oxygen atoms in total. The zero-order valence-electron chi connectivity index (χ0n) is 14.1. The minimum absolute atomic E-state index is 0.159. The third-order valence-electron chi connectivity index (χ3n) is 3.45. The standard InChI is InChI=1S/C18H23N3O3/c1-12(2)9-16(18(23)24)20-11-15(10-19)17(22)21-13(3)14-7-5-4-6-8-14/h4-8,11-13,16,20H,9H2,1-3H3,(H,21,22)(H,23,24)/b15-11-. The molecule has 6 heteroatoms. The summed E-state index contributed by atoms with van der Waals surface area (Å²) < 4.78 is 0. The molecule has 0 aliphatic rings. The van der Waals surface area contributed by atoms with Crippen molar-refractivity contribution in [2.75, 3.05) is 0 Å². The van der Waals surface area contributed by atoms with Crippen LogP contribution in [-0.2, 0) is 9.59 Å². The second kappa shape index (κ2) is 9.36. The molecular formula is C18H23N3O3. The van der Waals surface area contributed by atoms with E-state index in [1.807, 2.05) is 51.1 Å². The molecule has 0 saturated heterocycles. The fraction of sp³-hybridized carbons (Fsp3) is 0.389. The maximum absolute atomic E-state index is 12.2. The van der Waals surface area contributed by atoms with Crippen molar-refractivity contribution in [1.82, 2.24) is 10.6 Å². The van der Waals surface area contributed by atoms with Crippen molar-refractivity contribution in [2.45, 2.75) is 39.3 Å². The van der Waals surface area contributed by atoms with Crippen LogP contribution in [0.4, 0.5) is 0 Å². The van der Waals surface area contributed by atoms with Crippen LogP contribution < -0.4 is 10.6 Å². The van der Waals surface area contributed by atoms with Crippen LogP contribution in [0.2, 0.25) is 0 Å². The van der Waals surface area contributed by atoms with Gasteiger partial charge in [-0.05, 0) is 24.8 Å². The predicted octanol–water partition coefficient (Wildman–Crippen LogP) is 2.36. The monoisotopic (exact) mass is 329 g/mol. The summed E-state index contributed by atoms with van der Waals surface area (Å²) in [5.74, 6) is -1.39. The number of nitrogens with one attached hydrogen (secondary N) is 2. The Bertz CT molecular complexity index is 633. The van der Waals surface area contributed by atoms with E-state index in [0.717, 1.165) is 5.56 Å². The molecule has 0 aromatic heterocycles. The van der Waals surface area contributed by atoms with Crippen LogP contribution in [0.1, 0.15) is 38.8 Å². The highest BCUT2D eigenvalue weighted by atomic mass is 16.4. The Morgan fingerprint density at radius 2 is 1.88 bits per heavy atom. The summed E-state index contributed by atoms with van der Waals surface area (Å²) in [5.41, 5.74) is 0.757. The third kappa shape index (κ3) is 6.13. The Morgan fingerprint density at radius 3 is 2.38 bits per heavy atom. The number of hydrogen-bond donors (Lipinski definition) is 3. The fourth-order valence-electron chi connectivity index (χ4n) is 2.14. The van der Waals surface area contributed by atoms with Crippen molar-refractivity contribution in [3.05, 3.63) is 47.7 Å². The van der Waals surface area contributed by atoms with E-state index in [1.165, 1.54) is 6.20 Å². The summed E-state index contributed by atoms with van der Waals surface area (Å²) in [4.78, 5) is 23.4. The summed E-state index contributed by atoms with van der Waals surface area (Å²) in [6, 6.07) is 10.1. The van der Waals surface area contributed by atoms with Gasteiger partial charge in [0.25, 0.3) is 5.91 Å². The van der Waals surface area contributed by atoms with Gasteiger partial charge < -0.3 is 15.7 Å². The Kier molecular flexibility index (Phi) is 7.50. The van der Waals surface area contributed by atoms with Crippen molar-refractivity contribution in [1.29, 1.82) is 5.26 Å². The number of amides is 1. The molecule has 0 aliphatic heterocycles. The highest BCUT2D eigenvalue weighted by Gasteiger charge is 2.19. The SMILES string of the molecule is CC(C)CC(N/C=C(/C#N)C(=O)NC(C)c1ccccc1)C(=O)O. The van der Waals surface area contributed by atoms with Gasteiger partial charge in [-0.25, -0.2) is 4.79 Å². The largest absolute Gasteiger partial charge is 0.480 e. The van der Waals surface area contributed by atoms with Gasteiger partial charge in [0.2, 0.25) is 0 Å². The minimum atomic E-state index is -1.02. The van der Waals surface area contributed by atoms with Crippen molar-refractivity contribution in [2.24, 2.45) is 5.92 Å². The zero-order chi connectivity index (χ0) is 18.1. The number of carboxylic acid groups (broad SMARTS) is 1. The van der Waals surface area contributed by atoms with Gasteiger partial charge >= 0.3 is 5.97 Å². The normalized spacial score (nSPS) is 13.7. The van der Waals surface area contributed by atoms with Crippen LogP contribution in [-0.4, -0.2) is 23.0 Å². The molecule has 1 rings (SSSR count). The first-order valence-corrected chi connectivity index (χ1v) is 7.80. The summed E-state index contributed by atoms with van der Waals surface area (Å²) in [7, 11) is 0. The average molecular weight is 329 g/mol. The van der Waals surface area contributed by atoms with Crippen LogP contribution in [0.15, 0.2) is 42.1 Å². The van der Waals surface area contributed by atoms with Crippen LogP contribution in [0, 0.1) is 17.2 Å². The van der Waals surface area contributed by atoms with Gasteiger partial charge in [0.15, 0.2) is 0 Å². The molecule has 2 atom stereocenters. The van der Waals surface area contributed by atoms with E-state index in [-0.39, 0.29) is 17.5 Å². The van der Waals surface area contributed by atoms with Crippen molar-refractivity contribution < 1.29 is 14.7 Å². The molecule has 1 aromatic carbocycles. The average Bonchev–Trinajstić information content (AvgIpc) is 2.54. The minimum Gasteiger partial charge on any atom is -0.480 e. The lowest BCUT2D eigenvalue weighted by molar-refractivity contribution is -0.139. The lowest BCUT2D eigenvalue weighted by atomic mass is 10.0. The first-order chi connectivity index (χ1) is 11.3. The van der Waals surface area contributed by atoms with Crippen molar-refractivity contribution in [3.8, 4) is 6.07 Å². The van der Waals surface area contributed by atoms with E-state index in [9.17, 15) is 9.59 Å². The molecule has 0 fully saturated rings. The lowest BCUT2D eigenvalue weighted by Crippen LogP contribution is -2.36. The first-order valence-electron chi connectivity index (χ1n) is 7.80. The number of rotatable bonds is 8. The van der Waals surface area contributed by atoms with Crippen LogP contribution in [0.25, 0.3) is 0 Å². The van der Waals surface area contributed by atoms with Gasteiger partial charge in [-0.2, -0.15) is 5.26 Å². The Labute approximate surface area is 142 Å². The summed E-state index contributed by atoms with van der Waals surface area (Å²) >= 11 is 0. The fourth-order valence-corrected chi connectivity index (χ4v) is 2.14. The number of nitriles is 1. The maximum Gasteiger partial charge on any atom is 0.326 e. The third-order valence-corrected chi connectivity index (χ3v) is 3.45. The molecule has 3 N–H and O–H groups in total. The Balaban J connectivity index is 2.75. The summed E-state index contributed by atoms with van der Waals surface area (Å²) in [6.45, 7) is 5.62. The zero-order valence-corrected chi connectivity index (χ0v) is 14.1. The van der Waals surface area contributed by atoms with Crippen molar-refractivity contribution >= 4 is 11.9 Å². The first kappa shape index (κ1) is 19.2. The van der Waals surface area contributed by atoms with Crippen molar-refractivity contribution in [3.63, 3.8) is 0 Å². The highest BCUT2D eigenvalue weighted by Crippen LogP contribution is 2.12. The number of carbonyl (C=O) groups is 2. The number of aliphatic carboxylic acids is 1. The second-order valence-corrected chi connectivity index (χ2v) is 5.96. The predicted molar refractivity (Wildman–Crippen MR) is 90.7 cm³/mol. The van der Waals surface area contributed by atoms with E-state index in [0.29, 0.717) is 6.42 Å². The topological polar surface area (TPSA) is 102 Å². The van der Waals surface area contributed by atoms with Gasteiger partial charge in [-0.15, -0.1) is 0 Å². The van der Waals surface area contributed by atoms with Gasteiger partial charge in [-0.3, -0.25) is 4.79 Å². The van der Waals surface area contributed by atoms with Gasteiger partial charge in [0.1, 0.15) is 17.7 Å². The van der Waals surface area contributed by atoms with Crippen LogP contribution in [0.5, 0.6) is 0 Å². The molecule has 2 unspecified atom stereocenters. The molecule has 1 amide bonds. The molecular weight excluding hydrogens is 306 g/mol. The van der Waals surface area contributed by atoms with E-state index in [2.05, 4.69) is 10.6 Å². The van der Waals surface area contributed by atoms with E-state index in [1.54, 1.807) is 6.07 Å². The van der Waals surface area contributed by atoms with Gasteiger partial charge in [0, 0.05) is 6.20 Å². The Hall–Kier alpha value is -2.81. The Morgan fingerprint density at radius 1 is 1.25 bits per heavy atom. The van der Waals surface area contributed by atoms with E-state index >= 15 is 0 Å². The molecule has 0 radical (unpaired) electrons. The molecule has 0 bridgehead atoms. The van der Waals surface area contributed by atoms with Gasteiger partial charge in [0.05, 0.1) is 6.04 Å². The lowest BCUT2D eigenvalue weighted by Gasteiger charge is -2.16. The number of benzene rings is 1. The number of carboxylic acids is 1. The molecule has 0 saturated carbocycles. The summed E-state index contributed by atoms with van der Waals surface area (Å²) in [5, 5.41) is 23.7. The quantitative estimate of drug-likeness (QED) is 0.502. The maximum atomic E-state index is 12.2. The smallest absolute Gasteiger partial charge is 0.326 e. The molecule has 0 heterocycles. The molecule has 128 valence electrons. The molecule has 24 heavy (non-hydrogen) atoms. The highest BCUT2D eigenvalue weighted by molar-refractivity contribution is 5.97. The number of hydrogen-bond acceptors (Lipinski definition) is 4. The summed E-state index contributed by atoms with van der Waals surface area (Å²) in [6.07, 6.45) is 1.57. The van der Waals surface area contributed by atoms with E-state index < -0.39 is 17.9 Å². The number of carbonyl (C=O) groups excluding carboxylic acids is 1. The van der Waals surface area contributed by atoms with Gasteiger partial charge in [-0.1, -0.05) is 44.2 Å². The van der Waals surface area contributed by atoms with Crippen LogP contribution >= 0.6 is 0 Å². The van der Waals surface area contributed by atoms with E-state index in [4.69, 9.17) is 10.4 Å². The number of nitrogens with zero attached hydrogens (tertiary/aromatic N) is 1. The van der Waals surface area contributed by atoms with Crippen LogP contribution in [0.3, 0.4) is 0 Å².